The van der Waals surface area contributed by atoms with Gasteiger partial charge in [-0.1, -0.05) is 0 Å². The van der Waals surface area contributed by atoms with Crippen LogP contribution in [0.3, 0.4) is 0 Å². The Bertz CT molecular complexity index is 155. The van der Waals surface area contributed by atoms with Gasteiger partial charge < -0.3 is 4.74 Å². The van der Waals surface area contributed by atoms with Gasteiger partial charge in [0.15, 0.2) is 0 Å². The number of rotatable bonds is 2. The van der Waals surface area contributed by atoms with Gasteiger partial charge in [0.05, 0.1) is 13.7 Å². The molecule has 0 aromatic heterocycles. The number of hydrogen-bond acceptors (Lipinski definition) is 3. The molecule has 4 heteroatoms. The molecule has 1 rings (SSSR count). The van der Waals surface area contributed by atoms with E-state index in [9.17, 15) is 9.18 Å². The van der Waals surface area contributed by atoms with E-state index >= 15 is 0 Å². The molecule has 0 saturated carbocycles. The van der Waals surface area contributed by atoms with E-state index in [4.69, 9.17) is 0 Å². The van der Waals surface area contributed by atoms with Gasteiger partial charge in [-0.25, -0.2) is 4.39 Å². The Labute approximate surface area is 71.5 Å². The highest BCUT2D eigenvalue weighted by atomic mass is 19.1. The maximum atomic E-state index is 12.6. The zero-order chi connectivity index (χ0) is 8.97. The molecule has 0 amide bonds. The van der Waals surface area contributed by atoms with Crippen LogP contribution in [-0.4, -0.2) is 43.8 Å². The summed E-state index contributed by atoms with van der Waals surface area (Å²) in [6, 6.07) is 0. The average Bonchev–Trinajstić information content (AvgIpc) is 2.09. The van der Waals surface area contributed by atoms with E-state index in [-0.39, 0.29) is 5.97 Å². The molecule has 0 aromatic rings. The normalized spacial score (nSPS) is 20.8. The predicted molar refractivity (Wildman–Crippen MR) is 42.6 cm³/mol. The molecule has 0 unspecified atom stereocenters. The summed E-state index contributed by atoms with van der Waals surface area (Å²) in [5.41, 5.74) is 0. The molecule has 0 radical (unpaired) electrons. The SMILES string of the molecule is COC(=O)CN1CCC(F)CC1. The van der Waals surface area contributed by atoms with Crippen molar-refractivity contribution in [2.75, 3.05) is 26.7 Å². The molecule has 0 spiro atoms. The van der Waals surface area contributed by atoms with E-state index < -0.39 is 6.17 Å². The minimum atomic E-state index is -0.682. The van der Waals surface area contributed by atoms with Gasteiger partial charge in [-0.2, -0.15) is 0 Å². The second-order valence-corrected chi connectivity index (χ2v) is 3.03. The topological polar surface area (TPSA) is 29.5 Å². The summed E-state index contributed by atoms with van der Waals surface area (Å²) in [4.78, 5) is 12.7. The molecule has 0 aromatic carbocycles. The molecule has 12 heavy (non-hydrogen) atoms. The molecule has 1 saturated heterocycles. The number of halogens is 1. The van der Waals surface area contributed by atoms with Crippen molar-refractivity contribution < 1.29 is 13.9 Å². The largest absolute Gasteiger partial charge is 0.468 e. The summed E-state index contributed by atoms with van der Waals surface area (Å²) in [5.74, 6) is -0.243. The van der Waals surface area contributed by atoms with Crippen molar-refractivity contribution in [2.24, 2.45) is 0 Å². The van der Waals surface area contributed by atoms with Gasteiger partial charge in [0.25, 0.3) is 0 Å². The Kier molecular flexibility index (Phi) is 3.47. The Hall–Kier alpha value is -0.640. The van der Waals surface area contributed by atoms with Crippen molar-refractivity contribution in [3.05, 3.63) is 0 Å². The standard InChI is InChI=1S/C8H14FNO2/c1-12-8(11)6-10-4-2-7(9)3-5-10/h7H,2-6H2,1H3. The number of carbonyl (C=O) groups is 1. The molecule has 70 valence electrons. The van der Waals surface area contributed by atoms with E-state index in [1.807, 2.05) is 4.90 Å². The van der Waals surface area contributed by atoms with Crippen molar-refractivity contribution in [3.63, 3.8) is 0 Å². The third kappa shape index (κ3) is 2.77. The Balaban J connectivity index is 2.21. The number of likely N-dealkylation sites (tertiary alicyclic amines) is 1. The molecular weight excluding hydrogens is 161 g/mol. The quantitative estimate of drug-likeness (QED) is 0.575. The first-order valence-corrected chi connectivity index (χ1v) is 4.15. The van der Waals surface area contributed by atoms with Gasteiger partial charge in [-0.05, 0) is 12.8 Å². The summed E-state index contributed by atoms with van der Waals surface area (Å²) in [6.45, 7) is 1.62. The fraction of sp³-hybridized carbons (Fsp3) is 0.875. The van der Waals surface area contributed by atoms with Crippen LogP contribution in [0.25, 0.3) is 0 Å². The number of nitrogens with zero attached hydrogens (tertiary/aromatic N) is 1. The lowest BCUT2D eigenvalue weighted by Gasteiger charge is -2.27. The fourth-order valence-corrected chi connectivity index (χ4v) is 1.31. The Morgan fingerprint density at radius 2 is 2.17 bits per heavy atom. The van der Waals surface area contributed by atoms with E-state index in [2.05, 4.69) is 4.74 Å². The second-order valence-electron chi connectivity index (χ2n) is 3.03. The number of ether oxygens (including phenoxy) is 1. The smallest absolute Gasteiger partial charge is 0.319 e. The first kappa shape index (κ1) is 9.45. The van der Waals surface area contributed by atoms with E-state index in [1.54, 1.807) is 0 Å². The number of carbonyl (C=O) groups excluding carboxylic acids is 1. The molecule has 3 nitrogen and oxygen atoms in total. The van der Waals surface area contributed by atoms with Crippen LogP contribution in [0.4, 0.5) is 4.39 Å². The summed E-state index contributed by atoms with van der Waals surface area (Å²) in [6.07, 6.45) is 0.396. The maximum Gasteiger partial charge on any atom is 0.319 e. The zero-order valence-corrected chi connectivity index (χ0v) is 7.25. The summed E-state index contributed by atoms with van der Waals surface area (Å²) < 4.78 is 17.1. The number of piperidine rings is 1. The van der Waals surface area contributed by atoms with Crippen LogP contribution in [0.2, 0.25) is 0 Å². The highest BCUT2D eigenvalue weighted by Gasteiger charge is 2.19. The number of alkyl halides is 1. The molecule has 1 heterocycles. The lowest BCUT2D eigenvalue weighted by atomic mass is 10.1. The summed E-state index contributed by atoms with van der Waals surface area (Å²) in [5, 5.41) is 0. The van der Waals surface area contributed by atoms with Gasteiger partial charge in [0.2, 0.25) is 0 Å². The molecular formula is C8H14FNO2. The lowest BCUT2D eigenvalue weighted by Crippen LogP contribution is -2.38. The third-order valence-electron chi connectivity index (χ3n) is 2.10. The van der Waals surface area contributed by atoms with Crippen LogP contribution < -0.4 is 0 Å². The van der Waals surface area contributed by atoms with Crippen molar-refractivity contribution in [3.8, 4) is 0 Å². The highest BCUT2D eigenvalue weighted by molar-refractivity contribution is 5.71. The molecule has 1 fully saturated rings. The van der Waals surface area contributed by atoms with Crippen molar-refractivity contribution in [2.45, 2.75) is 19.0 Å². The van der Waals surface area contributed by atoms with Crippen molar-refractivity contribution in [1.29, 1.82) is 0 Å². The van der Waals surface area contributed by atoms with Crippen LogP contribution in [0.15, 0.2) is 0 Å². The van der Waals surface area contributed by atoms with E-state index in [0.717, 1.165) is 0 Å². The van der Waals surface area contributed by atoms with Crippen molar-refractivity contribution >= 4 is 5.97 Å². The maximum absolute atomic E-state index is 12.6. The summed E-state index contributed by atoms with van der Waals surface area (Å²) >= 11 is 0. The predicted octanol–water partition coefficient (Wildman–Crippen LogP) is 0.593. The zero-order valence-electron chi connectivity index (χ0n) is 7.25. The minimum absolute atomic E-state index is 0.243. The fourth-order valence-electron chi connectivity index (χ4n) is 1.31. The number of hydrogen-bond donors (Lipinski definition) is 0. The molecule has 0 atom stereocenters. The monoisotopic (exact) mass is 175 g/mol. The number of methoxy groups -OCH3 is 1. The van der Waals surface area contributed by atoms with Crippen LogP contribution in [0.5, 0.6) is 0 Å². The van der Waals surface area contributed by atoms with Crippen molar-refractivity contribution in [1.82, 2.24) is 4.90 Å². The van der Waals surface area contributed by atoms with Gasteiger partial charge in [0.1, 0.15) is 6.17 Å². The molecule has 0 aliphatic carbocycles. The van der Waals surface area contributed by atoms with Crippen LogP contribution >= 0.6 is 0 Å². The van der Waals surface area contributed by atoms with E-state index in [1.165, 1.54) is 7.11 Å². The second kappa shape index (κ2) is 4.40. The van der Waals surface area contributed by atoms with Crippen LogP contribution in [0.1, 0.15) is 12.8 Å². The minimum Gasteiger partial charge on any atom is -0.468 e. The number of esters is 1. The lowest BCUT2D eigenvalue weighted by molar-refractivity contribution is -0.142. The van der Waals surface area contributed by atoms with Gasteiger partial charge in [0, 0.05) is 13.1 Å². The van der Waals surface area contributed by atoms with Crippen LogP contribution in [0, 0.1) is 0 Å². The molecule has 1 aliphatic heterocycles. The Morgan fingerprint density at radius 1 is 1.58 bits per heavy atom. The van der Waals surface area contributed by atoms with Gasteiger partial charge in [-0.15, -0.1) is 0 Å². The van der Waals surface area contributed by atoms with Gasteiger partial charge in [-0.3, -0.25) is 9.69 Å². The third-order valence-corrected chi connectivity index (χ3v) is 2.10. The first-order chi connectivity index (χ1) is 5.72. The molecule has 0 N–H and O–H groups in total. The average molecular weight is 175 g/mol. The van der Waals surface area contributed by atoms with E-state index in [0.29, 0.717) is 32.5 Å². The molecule has 0 bridgehead atoms. The molecule has 1 aliphatic rings. The Morgan fingerprint density at radius 3 is 2.67 bits per heavy atom. The first-order valence-electron chi connectivity index (χ1n) is 4.15. The highest BCUT2D eigenvalue weighted by Crippen LogP contribution is 2.12. The van der Waals surface area contributed by atoms with Crippen LogP contribution in [-0.2, 0) is 9.53 Å². The summed E-state index contributed by atoms with van der Waals surface area (Å²) in [7, 11) is 1.37. The van der Waals surface area contributed by atoms with Gasteiger partial charge >= 0.3 is 5.97 Å².